The number of hydrogen-bond donors (Lipinski definition) is 2. The molecule has 0 spiro atoms. The molecule has 98 valence electrons. The SMILES string of the molecule is Nc1ccc(-c2cc(Cl)c(Cl)cc2Cl)nc1C(=O)O. The van der Waals surface area contributed by atoms with Crippen molar-refractivity contribution in [2.24, 2.45) is 0 Å². The lowest BCUT2D eigenvalue weighted by Gasteiger charge is -2.08. The van der Waals surface area contributed by atoms with Crippen molar-refractivity contribution >= 4 is 46.5 Å². The van der Waals surface area contributed by atoms with Crippen molar-refractivity contribution in [3.8, 4) is 11.3 Å². The second-order valence-electron chi connectivity index (χ2n) is 3.69. The third kappa shape index (κ3) is 2.76. The largest absolute Gasteiger partial charge is 0.476 e. The zero-order valence-electron chi connectivity index (χ0n) is 9.32. The van der Waals surface area contributed by atoms with Gasteiger partial charge in [-0.1, -0.05) is 34.8 Å². The Labute approximate surface area is 123 Å². The predicted octanol–water partition coefficient (Wildman–Crippen LogP) is 3.99. The van der Waals surface area contributed by atoms with Crippen molar-refractivity contribution in [1.29, 1.82) is 0 Å². The summed E-state index contributed by atoms with van der Waals surface area (Å²) in [6.45, 7) is 0. The molecule has 7 heteroatoms. The van der Waals surface area contributed by atoms with Gasteiger partial charge in [0.25, 0.3) is 0 Å². The Bertz CT molecular complexity index is 674. The van der Waals surface area contributed by atoms with E-state index in [0.29, 0.717) is 26.3 Å². The van der Waals surface area contributed by atoms with Gasteiger partial charge in [-0.15, -0.1) is 0 Å². The van der Waals surface area contributed by atoms with E-state index in [9.17, 15) is 4.79 Å². The molecule has 0 saturated heterocycles. The number of carboxylic acids is 1. The smallest absolute Gasteiger partial charge is 0.356 e. The zero-order valence-corrected chi connectivity index (χ0v) is 11.6. The Kier molecular flexibility index (Phi) is 3.85. The average molecular weight is 318 g/mol. The minimum Gasteiger partial charge on any atom is -0.476 e. The lowest BCUT2D eigenvalue weighted by atomic mass is 10.1. The van der Waals surface area contributed by atoms with Gasteiger partial charge in [-0.05, 0) is 24.3 Å². The number of anilines is 1. The average Bonchev–Trinajstić information content (AvgIpc) is 2.34. The third-order valence-electron chi connectivity index (χ3n) is 2.41. The molecule has 19 heavy (non-hydrogen) atoms. The van der Waals surface area contributed by atoms with Gasteiger partial charge in [-0.2, -0.15) is 0 Å². The van der Waals surface area contributed by atoms with Crippen LogP contribution in [0.15, 0.2) is 24.3 Å². The fraction of sp³-hybridized carbons (Fsp3) is 0. The van der Waals surface area contributed by atoms with Crippen molar-refractivity contribution < 1.29 is 9.90 Å². The van der Waals surface area contributed by atoms with E-state index in [4.69, 9.17) is 45.6 Å². The van der Waals surface area contributed by atoms with E-state index in [1.165, 1.54) is 18.2 Å². The summed E-state index contributed by atoms with van der Waals surface area (Å²) in [7, 11) is 0. The number of nitrogens with two attached hydrogens (primary N) is 1. The van der Waals surface area contributed by atoms with Crippen LogP contribution in [0.2, 0.25) is 15.1 Å². The van der Waals surface area contributed by atoms with Crippen LogP contribution in [0.4, 0.5) is 5.69 Å². The summed E-state index contributed by atoms with van der Waals surface area (Å²) >= 11 is 17.8. The maximum Gasteiger partial charge on any atom is 0.356 e. The monoisotopic (exact) mass is 316 g/mol. The fourth-order valence-corrected chi connectivity index (χ4v) is 2.15. The van der Waals surface area contributed by atoms with E-state index in [2.05, 4.69) is 4.98 Å². The van der Waals surface area contributed by atoms with Gasteiger partial charge in [-0.25, -0.2) is 9.78 Å². The quantitative estimate of drug-likeness (QED) is 0.821. The molecule has 0 aliphatic carbocycles. The molecule has 3 N–H and O–H groups in total. The number of halogens is 3. The second-order valence-corrected chi connectivity index (χ2v) is 4.91. The standard InChI is InChI=1S/C12H7Cl3N2O2/c13-6-4-8(15)7(14)3-5(6)10-2-1-9(16)11(17-10)12(18)19/h1-4H,16H2,(H,18,19). The van der Waals surface area contributed by atoms with E-state index in [-0.39, 0.29) is 11.4 Å². The molecule has 0 aliphatic heterocycles. The number of hydrogen-bond acceptors (Lipinski definition) is 3. The van der Waals surface area contributed by atoms with E-state index < -0.39 is 5.97 Å². The van der Waals surface area contributed by atoms with Crippen LogP contribution in [0.25, 0.3) is 11.3 Å². The fourth-order valence-electron chi connectivity index (χ4n) is 1.51. The van der Waals surface area contributed by atoms with Gasteiger partial charge in [0.05, 0.1) is 26.4 Å². The number of aromatic carboxylic acids is 1. The Balaban J connectivity index is 2.63. The van der Waals surface area contributed by atoms with Crippen LogP contribution in [0.3, 0.4) is 0 Å². The summed E-state index contributed by atoms with van der Waals surface area (Å²) in [4.78, 5) is 15.0. The molecule has 0 unspecified atom stereocenters. The minimum atomic E-state index is -1.21. The lowest BCUT2D eigenvalue weighted by Crippen LogP contribution is -2.06. The molecule has 0 aliphatic rings. The molecule has 2 rings (SSSR count). The third-order valence-corrected chi connectivity index (χ3v) is 3.45. The van der Waals surface area contributed by atoms with Crippen LogP contribution in [0.1, 0.15) is 10.5 Å². The summed E-state index contributed by atoms with van der Waals surface area (Å²) in [6.07, 6.45) is 0. The van der Waals surface area contributed by atoms with Gasteiger partial charge in [0.1, 0.15) is 0 Å². The molecule has 0 radical (unpaired) electrons. The van der Waals surface area contributed by atoms with Crippen molar-refractivity contribution in [2.75, 3.05) is 5.73 Å². The number of rotatable bonds is 2. The summed E-state index contributed by atoms with van der Waals surface area (Å²) in [6, 6.07) is 6.01. The Morgan fingerprint density at radius 1 is 1.11 bits per heavy atom. The normalized spacial score (nSPS) is 10.5. The Morgan fingerprint density at radius 3 is 2.37 bits per heavy atom. The first-order valence-electron chi connectivity index (χ1n) is 5.05. The number of pyridine rings is 1. The topological polar surface area (TPSA) is 76.2 Å². The van der Waals surface area contributed by atoms with Crippen LogP contribution >= 0.6 is 34.8 Å². The molecule has 2 aromatic rings. The summed E-state index contributed by atoms with van der Waals surface area (Å²) in [5.41, 5.74) is 6.22. The maximum atomic E-state index is 11.0. The number of carboxylic acid groups (broad SMARTS) is 1. The molecule has 0 saturated carbocycles. The van der Waals surface area contributed by atoms with Crippen molar-refractivity contribution in [2.45, 2.75) is 0 Å². The maximum absolute atomic E-state index is 11.0. The number of nitrogens with zero attached hydrogens (tertiary/aromatic N) is 1. The van der Waals surface area contributed by atoms with Gasteiger partial charge in [-0.3, -0.25) is 0 Å². The second kappa shape index (κ2) is 5.25. The highest BCUT2D eigenvalue weighted by Crippen LogP contribution is 2.34. The van der Waals surface area contributed by atoms with Gasteiger partial charge in [0.15, 0.2) is 5.69 Å². The first-order chi connectivity index (χ1) is 8.90. The summed E-state index contributed by atoms with van der Waals surface area (Å²) < 4.78 is 0. The zero-order chi connectivity index (χ0) is 14.2. The predicted molar refractivity (Wildman–Crippen MR) is 76.1 cm³/mol. The highest BCUT2D eigenvalue weighted by Gasteiger charge is 2.14. The number of carbonyl (C=O) groups is 1. The summed E-state index contributed by atoms with van der Waals surface area (Å²) in [5.74, 6) is -1.21. The molecule has 4 nitrogen and oxygen atoms in total. The van der Waals surface area contributed by atoms with Gasteiger partial charge in [0, 0.05) is 5.56 Å². The van der Waals surface area contributed by atoms with Crippen LogP contribution in [0, 0.1) is 0 Å². The van der Waals surface area contributed by atoms with Crippen LogP contribution < -0.4 is 5.73 Å². The van der Waals surface area contributed by atoms with E-state index in [0.717, 1.165) is 0 Å². The highest BCUT2D eigenvalue weighted by atomic mass is 35.5. The van der Waals surface area contributed by atoms with Gasteiger partial charge >= 0.3 is 5.97 Å². The lowest BCUT2D eigenvalue weighted by molar-refractivity contribution is 0.0692. The van der Waals surface area contributed by atoms with Crippen LogP contribution in [0.5, 0.6) is 0 Å². The molecular formula is C12H7Cl3N2O2. The number of nitrogen functional groups attached to an aromatic ring is 1. The van der Waals surface area contributed by atoms with E-state index in [1.54, 1.807) is 6.07 Å². The molecule has 0 amide bonds. The highest BCUT2D eigenvalue weighted by molar-refractivity contribution is 6.44. The van der Waals surface area contributed by atoms with Crippen LogP contribution in [-0.2, 0) is 0 Å². The molecule has 0 fully saturated rings. The number of benzene rings is 1. The first-order valence-corrected chi connectivity index (χ1v) is 6.18. The minimum absolute atomic E-state index is 0.0763. The molecular weight excluding hydrogens is 311 g/mol. The van der Waals surface area contributed by atoms with Crippen molar-refractivity contribution in [3.63, 3.8) is 0 Å². The van der Waals surface area contributed by atoms with E-state index in [1.807, 2.05) is 0 Å². The van der Waals surface area contributed by atoms with Crippen molar-refractivity contribution in [1.82, 2.24) is 4.98 Å². The van der Waals surface area contributed by atoms with Gasteiger partial charge in [0.2, 0.25) is 0 Å². The Hall–Kier alpha value is -1.49. The molecule has 1 aromatic heterocycles. The molecule has 1 aromatic carbocycles. The summed E-state index contributed by atoms with van der Waals surface area (Å²) in [5, 5.41) is 9.92. The first kappa shape index (κ1) is 13.9. The molecule has 1 heterocycles. The Morgan fingerprint density at radius 2 is 1.74 bits per heavy atom. The van der Waals surface area contributed by atoms with Gasteiger partial charge < -0.3 is 10.8 Å². The van der Waals surface area contributed by atoms with Crippen molar-refractivity contribution in [3.05, 3.63) is 45.0 Å². The number of aromatic nitrogens is 1. The van der Waals surface area contributed by atoms with E-state index >= 15 is 0 Å². The molecule has 0 atom stereocenters. The molecule has 0 bridgehead atoms. The van der Waals surface area contributed by atoms with Crippen LogP contribution in [-0.4, -0.2) is 16.1 Å².